The number of hydrogen-bond donors (Lipinski definition) is 0. The molecule has 14 heavy (non-hydrogen) atoms. The van der Waals surface area contributed by atoms with Gasteiger partial charge in [-0.15, -0.1) is 22.2 Å². The second-order valence-electron chi connectivity index (χ2n) is 3.18. The molecule has 0 aliphatic carbocycles. The number of benzene rings is 1. The third-order valence-corrected chi connectivity index (χ3v) is 5.75. The zero-order chi connectivity index (χ0) is 10.4. The van der Waals surface area contributed by atoms with Gasteiger partial charge in [0.15, 0.2) is 0 Å². The van der Waals surface area contributed by atoms with E-state index in [9.17, 15) is 0 Å². The van der Waals surface area contributed by atoms with Crippen molar-refractivity contribution < 1.29 is 0 Å². The highest BCUT2D eigenvalue weighted by molar-refractivity contribution is 7.45. The summed E-state index contributed by atoms with van der Waals surface area (Å²) < 4.78 is 0. The molecule has 0 fully saturated rings. The summed E-state index contributed by atoms with van der Waals surface area (Å²) in [6.07, 6.45) is 0.450. The topological polar surface area (TPSA) is 23.8 Å². The lowest BCUT2D eigenvalue weighted by Gasteiger charge is -2.14. The minimum atomic E-state index is -2.24. The molecule has 0 heterocycles. The minimum Gasteiger partial charge on any atom is -0.198 e. The Hall–Kier alpha value is -0.493. The third kappa shape index (κ3) is 4.14. The van der Waals surface area contributed by atoms with Crippen LogP contribution in [0.4, 0.5) is 0 Å². The fourth-order valence-electron chi connectivity index (χ4n) is 1.22. The number of hydrogen-bond acceptors (Lipinski definition) is 1. The highest BCUT2D eigenvalue weighted by Crippen LogP contribution is 2.26. The Morgan fingerprint density at radius 3 is 2.43 bits per heavy atom. The van der Waals surface area contributed by atoms with Gasteiger partial charge in [0, 0.05) is 6.42 Å². The van der Waals surface area contributed by atoms with Crippen LogP contribution in [0.15, 0.2) is 30.3 Å². The van der Waals surface area contributed by atoms with Crippen LogP contribution in [0.5, 0.6) is 0 Å². The summed E-state index contributed by atoms with van der Waals surface area (Å²) >= 11 is 12.4. The van der Waals surface area contributed by atoms with Gasteiger partial charge in [0.05, 0.1) is 6.07 Å². The molecule has 0 unspecified atom stereocenters. The van der Waals surface area contributed by atoms with E-state index in [1.54, 1.807) is 0 Å². The second kappa shape index (κ2) is 5.40. The van der Waals surface area contributed by atoms with E-state index in [0.29, 0.717) is 12.5 Å². The number of nitrogens with zero attached hydrogens (tertiary/aromatic N) is 1. The lowest BCUT2D eigenvalue weighted by molar-refractivity contribution is 1.17. The Balaban J connectivity index is 2.55. The molecule has 0 aromatic heterocycles. The molecule has 0 aliphatic heterocycles. The highest BCUT2D eigenvalue weighted by atomic mass is 35.7. The van der Waals surface area contributed by atoms with Gasteiger partial charge in [0.1, 0.15) is 0 Å². The molecule has 4 heteroatoms. The molecule has 0 aliphatic rings. The average molecular weight is 244 g/mol. The molecule has 0 bridgehead atoms. The Bertz CT molecular complexity index is 319. The summed E-state index contributed by atoms with van der Waals surface area (Å²) in [4.78, 5) is 0. The van der Waals surface area contributed by atoms with E-state index in [2.05, 4.69) is 6.07 Å². The van der Waals surface area contributed by atoms with E-state index in [-0.39, 0.29) is 0 Å². The van der Waals surface area contributed by atoms with Crippen molar-refractivity contribution in [2.24, 2.45) is 0 Å². The molecule has 1 aromatic rings. The molecular weight excluding hydrogens is 233 g/mol. The van der Waals surface area contributed by atoms with Gasteiger partial charge in [-0.05, 0) is 17.7 Å². The smallest absolute Gasteiger partial charge is 0.198 e. The fraction of sp³-hybridized carbons (Fsp3) is 0.300. The summed E-state index contributed by atoms with van der Waals surface area (Å²) in [5, 5.41) is 8.45. The van der Waals surface area contributed by atoms with E-state index in [1.165, 1.54) is 0 Å². The first-order chi connectivity index (χ1) is 6.64. The minimum absolute atomic E-state index is 0.450. The largest absolute Gasteiger partial charge is 0.256 e. The van der Waals surface area contributed by atoms with Crippen molar-refractivity contribution >= 4 is 28.9 Å². The first-order valence-electron chi connectivity index (χ1n) is 4.43. The normalized spacial score (nSPS) is 10.9. The zero-order valence-electron chi connectivity index (χ0n) is 7.71. The van der Waals surface area contributed by atoms with E-state index < -0.39 is 6.69 Å². The maximum Gasteiger partial charge on any atom is 0.256 e. The lowest BCUT2D eigenvalue weighted by Crippen LogP contribution is -2.22. The first kappa shape index (κ1) is 11.6. The zero-order valence-corrected chi connectivity index (χ0v) is 10.2. The molecule has 0 saturated carbocycles. The lowest BCUT2D eigenvalue weighted by atomic mass is 10.2. The standard InChI is InChI=1S/C10H11Cl2NSi/c11-14(12,8-4-7-13)9-10-5-2-1-3-6-10/h1-3,5-6H,4,8-9H2. The molecule has 0 saturated heterocycles. The van der Waals surface area contributed by atoms with Crippen LogP contribution in [0.1, 0.15) is 12.0 Å². The van der Waals surface area contributed by atoms with Crippen LogP contribution in [0.3, 0.4) is 0 Å². The van der Waals surface area contributed by atoms with Crippen molar-refractivity contribution in [1.82, 2.24) is 0 Å². The predicted octanol–water partition coefficient (Wildman–Crippen LogP) is 3.60. The van der Waals surface area contributed by atoms with Crippen LogP contribution >= 0.6 is 22.2 Å². The van der Waals surface area contributed by atoms with Gasteiger partial charge in [-0.2, -0.15) is 5.26 Å². The maximum atomic E-state index is 8.45. The molecule has 1 rings (SSSR count). The maximum absolute atomic E-state index is 8.45. The van der Waals surface area contributed by atoms with Gasteiger partial charge < -0.3 is 0 Å². The molecule has 0 spiro atoms. The van der Waals surface area contributed by atoms with Crippen molar-refractivity contribution in [2.75, 3.05) is 0 Å². The second-order valence-corrected chi connectivity index (χ2v) is 10.7. The molecule has 1 aromatic carbocycles. The SMILES string of the molecule is N#CCC[Si](Cl)(Cl)Cc1ccccc1. The summed E-state index contributed by atoms with van der Waals surface area (Å²) in [6, 6.07) is 13.4. The van der Waals surface area contributed by atoms with Gasteiger partial charge in [-0.3, -0.25) is 0 Å². The molecule has 0 atom stereocenters. The Labute approximate surface area is 94.7 Å². The third-order valence-electron chi connectivity index (χ3n) is 1.91. The number of rotatable bonds is 4. The quantitative estimate of drug-likeness (QED) is 0.586. The van der Waals surface area contributed by atoms with E-state index >= 15 is 0 Å². The summed E-state index contributed by atoms with van der Waals surface area (Å²) in [6.45, 7) is -2.24. The molecule has 0 N–H and O–H groups in total. The Kier molecular flexibility index (Phi) is 4.47. The summed E-state index contributed by atoms with van der Waals surface area (Å²) in [5.74, 6) is 0. The van der Waals surface area contributed by atoms with Crippen LogP contribution in [0.2, 0.25) is 6.04 Å². The van der Waals surface area contributed by atoms with E-state index in [0.717, 1.165) is 11.6 Å². The van der Waals surface area contributed by atoms with Crippen LogP contribution in [0.25, 0.3) is 0 Å². The molecule has 74 valence electrons. The fourth-order valence-corrected chi connectivity index (χ4v) is 4.20. The van der Waals surface area contributed by atoms with Crippen molar-refractivity contribution in [3.8, 4) is 6.07 Å². The van der Waals surface area contributed by atoms with Gasteiger partial charge in [0.25, 0.3) is 6.69 Å². The predicted molar refractivity (Wildman–Crippen MR) is 62.6 cm³/mol. The number of halogens is 2. The van der Waals surface area contributed by atoms with Crippen LogP contribution in [-0.4, -0.2) is 6.69 Å². The Morgan fingerprint density at radius 1 is 1.21 bits per heavy atom. The van der Waals surface area contributed by atoms with Gasteiger partial charge >= 0.3 is 0 Å². The van der Waals surface area contributed by atoms with Crippen molar-refractivity contribution in [1.29, 1.82) is 5.26 Å². The molecule has 1 nitrogen and oxygen atoms in total. The van der Waals surface area contributed by atoms with Gasteiger partial charge in [-0.1, -0.05) is 30.3 Å². The van der Waals surface area contributed by atoms with Crippen molar-refractivity contribution in [3.63, 3.8) is 0 Å². The average Bonchev–Trinajstić information content (AvgIpc) is 2.16. The monoisotopic (exact) mass is 243 g/mol. The Morgan fingerprint density at radius 2 is 1.86 bits per heavy atom. The highest BCUT2D eigenvalue weighted by Gasteiger charge is 2.27. The van der Waals surface area contributed by atoms with Gasteiger partial charge in [-0.25, -0.2) is 0 Å². The first-order valence-corrected chi connectivity index (χ1v) is 8.86. The van der Waals surface area contributed by atoms with Gasteiger partial charge in [0.2, 0.25) is 0 Å². The summed E-state index contributed by atoms with van der Waals surface area (Å²) in [7, 11) is 0. The van der Waals surface area contributed by atoms with Crippen molar-refractivity contribution in [3.05, 3.63) is 35.9 Å². The van der Waals surface area contributed by atoms with E-state index in [4.69, 9.17) is 27.4 Å². The van der Waals surface area contributed by atoms with Crippen molar-refractivity contribution in [2.45, 2.75) is 18.5 Å². The molecular formula is C10H11Cl2NSi. The number of nitriles is 1. The van der Waals surface area contributed by atoms with E-state index in [1.807, 2.05) is 30.3 Å². The molecule has 0 radical (unpaired) electrons. The van der Waals surface area contributed by atoms with Crippen LogP contribution in [0, 0.1) is 11.3 Å². The summed E-state index contributed by atoms with van der Waals surface area (Å²) in [5.41, 5.74) is 1.15. The molecule has 0 amide bonds. The van der Waals surface area contributed by atoms with Crippen LogP contribution in [-0.2, 0) is 6.04 Å². The van der Waals surface area contributed by atoms with Crippen LogP contribution < -0.4 is 0 Å².